The number of ether oxygens (including phenoxy) is 1. The monoisotopic (exact) mass is 466 g/mol. The first-order valence-corrected chi connectivity index (χ1v) is 12.0. The number of aliphatic carboxylic acids is 1. The topological polar surface area (TPSA) is 104 Å². The molecule has 1 aliphatic carbocycles. The largest absolute Gasteiger partial charge is 0.481 e. The summed E-state index contributed by atoms with van der Waals surface area (Å²) in [6, 6.07) is 16.7. The second kappa shape index (κ2) is 12.5. The second-order valence-electron chi connectivity index (χ2n) is 8.92. The lowest BCUT2D eigenvalue weighted by Crippen LogP contribution is -2.48. The van der Waals surface area contributed by atoms with E-state index in [1.54, 1.807) is 18.2 Å². The van der Waals surface area contributed by atoms with Crippen LogP contribution in [0.15, 0.2) is 66.7 Å². The highest BCUT2D eigenvalue weighted by Gasteiger charge is 2.53. The summed E-state index contributed by atoms with van der Waals surface area (Å²) in [6.45, 7) is 0.202. The number of carboxylic acid groups (broad SMARTS) is 1. The van der Waals surface area contributed by atoms with Crippen molar-refractivity contribution in [3.05, 3.63) is 72.3 Å². The highest BCUT2D eigenvalue weighted by atomic mass is 16.6. The van der Waals surface area contributed by atoms with Gasteiger partial charge in [-0.3, -0.25) is 4.79 Å². The molecule has 1 saturated carbocycles. The van der Waals surface area contributed by atoms with Crippen LogP contribution in [0.25, 0.3) is 11.1 Å². The average Bonchev–Trinajstić information content (AvgIpc) is 3.13. The third-order valence-electron chi connectivity index (χ3n) is 6.51. The zero-order chi connectivity index (χ0) is 24.4. The van der Waals surface area contributed by atoms with E-state index in [-0.39, 0.29) is 12.5 Å². The maximum atomic E-state index is 13.2. The lowest BCUT2D eigenvalue weighted by atomic mass is 9.85. The van der Waals surface area contributed by atoms with Gasteiger partial charge in [0.15, 0.2) is 5.60 Å². The Labute approximate surface area is 200 Å². The Bertz CT molecular complexity index is 970. The lowest BCUT2D eigenvalue weighted by Gasteiger charge is -2.35. The van der Waals surface area contributed by atoms with E-state index in [1.807, 2.05) is 48.6 Å². The summed E-state index contributed by atoms with van der Waals surface area (Å²) in [4.78, 5) is 24.9. The molecule has 0 aliphatic heterocycles. The first-order chi connectivity index (χ1) is 16.5. The van der Waals surface area contributed by atoms with Crippen LogP contribution in [-0.4, -0.2) is 45.6 Å². The Morgan fingerprint density at radius 2 is 1.71 bits per heavy atom. The van der Waals surface area contributed by atoms with Gasteiger partial charge in [-0.2, -0.15) is 0 Å². The third-order valence-corrected chi connectivity index (χ3v) is 6.51. The van der Waals surface area contributed by atoms with Gasteiger partial charge in [-0.25, -0.2) is 4.79 Å². The molecule has 1 aliphatic rings. The van der Waals surface area contributed by atoms with Gasteiger partial charge in [0, 0.05) is 12.5 Å². The maximum Gasteiger partial charge on any atom is 0.338 e. The number of carbonyl (C=O) groups excluding carboxylic acids is 1. The van der Waals surface area contributed by atoms with Gasteiger partial charge in [-0.15, -0.1) is 0 Å². The van der Waals surface area contributed by atoms with Crippen molar-refractivity contribution in [2.75, 3.05) is 6.61 Å². The van der Waals surface area contributed by atoms with Crippen LogP contribution in [0.2, 0.25) is 0 Å². The molecule has 3 rings (SSSR count). The Kier molecular flexibility index (Phi) is 9.42. The Morgan fingerprint density at radius 3 is 2.44 bits per heavy atom. The summed E-state index contributed by atoms with van der Waals surface area (Å²) >= 11 is 0. The average molecular weight is 467 g/mol. The minimum absolute atomic E-state index is 0.202. The van der Waals surface area contributed by atoms with Crippen molar-refractivity contribution in [2.24, 2.45) is 5.92 Å². The van der Waals surface area contributed by atoms with Gasteiger partial charge < -0.3 is 20.1 Å². The number of unbranched alkanes of at least 4 members (excludes halogenated alkanes) is 4. The van der Waals surface area contributed by atoms with Gasteiger partial charge in [0.2, 0.25) is 0 Å². The number of carbonyl (C=O) groups is 2. The molecule has 0 radical (unpaired) electrons. The molecular formula is C28H34O6. The summed E-state index contributed by atoms with van der Waals surface area (Å²) in [5.41, 5.74) is 0.626. The van der Waals surface area contributed by atoms with E-state index in [2.05, 4.69) is 0 Å². The molecule has 3 N–H and O–H groups in total. The van der Waals surface area contributed by atoms with Crippen molar-refractivity contribution in [2.45, 2.75) is 63.1 Å². The second-order valence-corrected chi connectivity index (χ2v) is 8.92. The lowest BCUT2D eigenvalue weighted by molar-refractivity contribution is -0.150. The number of allylic oxidation sites excluding steroid dienone is 1. The van der Waals surface area contributed by atoms with Crippen LogP contribution in [0, 0.1) is 5.92 Å². The first-order valence-electron chi connectivity index (χ1n) is 12.0. The number of esters is 1. The molecule has 0 amide bonds. The predicted octanol–water partition coefficient (Wildman–Crippen LogP) is 4.99. The van der Waals surface area contributed by atoms with Crippen molar-refractivity contribution < 1.29 is 29.6 Å². The van der Waals surface area contributed by atoms with Crippen molar-refractivity contribution >= 4 is 11.9 Å². The van der Waals surface area contributed by atoms with E-state index in [1.165, 1.54) is 0 Å². The summed E-state index contributed by atoms with van der Waals surface area (Å²) in [5, 5.41) is 29.3. The van der Waals surface area contributed by atoms with E-state index in [4.69, 9.17) is 9.84 Å². The molecule has 0 bridgehead atoms. The molecule has 182 valence electrons. The Morgan fingerprint density at radius 1 is 0.971 bits per heavy atom. The fourth-order valence-electron chi connectivity index (χ4n) is 4.67. The summed E-state index contributed by atoms with van der Waals surface area (Å²) in [5.74, 6) is -2.13. The molecule has 6 nitrogen and oxygen atoms in total. The third kappa shape index (κ3) is 6.55. The smallest absolute Gasteiger partial charge is 0.338 e. The SMILES string of the molecule is O=C(O)C[C@@]1(OC(=O)c2cccc(-c3ccccc3)c2)[C@@H](O)CC[C@@H]1C=CCCCCCCO. The highest BCUT2D eigenvalue weighted by molar-refractivity contribution is 5.91. The van der Waals surface area contributed by atoms with Gasteiger partial charge in [0.05, 0.1) is 18.1 Å². The molecule has 3 atom stereocenters. The molecule has 34 heavy (non-hydrogen) atoms. The normalized spacial score (nSPS) is 22.2. The molecule has 2 aromatic rings. The predicted molar refractivity (Wildman–Crippen MR) is 130 cm³/mol. The van der Waals surface area contributed by atoms with Crippen LogP contribution < -0.4 is 0 Å². The molecular weight excluding hydrogens is 432 g/mol. The molecule has 0 aromatic heterocycles. The molecule has 0 spiro atoms. The van der Waals surface area contributed by atoms with Crippen LogP contribution in [0.1, 0.15) is 61.7 Å². The molecule has 0 unspecified atom stereocenters. The standard InChI is InChI=1S/C28H34O6/c29-18-9-4-2-1-3-8-15-24-16-17-25(30)28(24,20-26(31)32)34-27(33)23-14-10-13-22(19-23)21-11-6-5-7-12-21/h5-8,10-15,19,24-25,29-30H,1-4,9,16-18,20H2,(H,31,32)/t24-,25-,28-/m0/s1. The molecule has 2 aromatic carbocycles. The number of hydrogen-bond acceptors (Lipinski definition) is 5. The van der Waals surface area contributed by atoms with Crippen LogP contribution in [0.4, 0.5) is 0 Å². The van der Waals surface area contributed by atoms with Gasteiger partial charge in [0.1, 0.15) is 0 Å². The van der Waals surface area contributed by atoms with E-state index in [0.717, 1.165) is 43.2 Å². The van der Waals surface area contributed by atoms with Gasteiger partial charge >= 0.3 is 11.9 Å². The fourth-order valence-corrected chi connectivity index (χ4v) is 4.67. The van der Waals surface area contributed by atoms with Gasteiger partial charge in [0.25, 0.3) is 0 Å². The minimum atomic E-state index is -1.50. The number of carboxylic acids is 1. The van der Waals surface area contributed by atoms with Crippen LogP contribution in [0.3, 0.4) is 0 Å². The van der Waals surface area contributed by atoms with Gasteiger partial charge in [-0.1, -0.05) is 67.5 Å². The minimum Gasteiger partial charge on any atom is -0.481 e. The molecule has 0 saturated heterocycles. The fraction of sp³-hybridized carbons (Fsp3) is 0.429. The molecule has 6 heteroatoms. The van der Waals surface area contributed by atoms with E-state index >= 15 is 0 Å². The summed E-state index contributed by atoms with van der Waals surface area (Å²) in [7, 11) is 0. The number of benzene rings is 2. The van der Waals surface area contributed by atoms with E-state index in [0.29, 0.717) is 18.4 Å². The quantitative estimate of drug-likeness (QED) is 0.231. The Hall–Kier alpha value is -2.96. The van der Waals surface area contributed by atoms with E-state index in [9.17, 15) is 19.8 Å². The first kappa shape index (κ1) is 25.7. The zero-order valence-corrected chi connectivity index (χ0v) is 19.4. The molecule has 0 heterocycles. The number of hydrogen-bond donors (Lipinski definition) is 3. The van der Waals surface area contributed by atoms with Crippen molar-refractivity contribution in [3.63, 3.8) is 0 Å². The number of rotatable bonds is 12. The van der Waals surface area contributed by atoms with Crippen LogP contribution in [0.5, 0.6) is 0 Å². The molecule has 1 fully saturated rings. The van der Waals surface area contributed by atoms with E-state index < -0.39 is 30.1 Å². The summed E-state index contributed by atoms with van der Waals surface area (Å²) in [6.07, 6.45) is 7.84. The maximum absolute atomic E-state index is 13.2. The van der Waals surface area contributed by atoms with Crippen LogP contribution >= 0.6 is 0 Å². The van der Waals surface area contributed by atoms with Crippen molar-refractivity contribution in [3.8, 4) is 11.1 Å². The number of aliphatic hydroxyl groups excluding tert-OH is 2. The van der Waals surface area contributed by atoms with Crippen molar-refractivity contribution in [1.82, 2.24) is 0 Å². The Balaban J connectivity index is 1.77. The van der Waals surface area contributed by atoms with Crippen LogP contribution in [-0.2, 0) is 9.53 Å². The number of aliphatic hydroxyl groups is 2. The van der Waals surface area contributed by atoms with Gasteiger partial charge in [-0.05, 0) is 55.4 Å². The highest BCUT2D eigenvalue weighted by Crippen LogP contribution is 2.43. The van der Waals surface area contributed by atoms with Crippen molar-refractivity contribution in [1.29, 1.82) is 0 Å². The zero-order valence-electron chi connectivity index (χ0n) is 19.4. The summed E-state index contributed by atoms with van der Waals surface area (Å²) < 4.78 is 5.87.